The van der Waals surface area contributed by atoms with Crippen LogP contribution in [0.1, 0.15) is 37.5 Å². The third-order valence-corrected chi connectivity index (χ3v) is 4.91. The second-order valence-electron chi connectivity index (χ2n) is 8.35. The van der Waals surface area contributed by atoms with Gasteiger partial charge in [0.05, 0.1) is 5.69 Å². The number of nitrogens with zero attached hydrogens (tertiary/aromatic N) is 4. The molecule has 4 rings (SSSR count). The van der Waals surface area contributed by atoms with Crippen LogP contribution < -0.4 is 10.2 Å². The lowest BCUT2D eigenvalue weighted by molar-refractivity contribution is 0.0583. The van der Waals surface area contributed by atoms with E-state index in [0.29, 0.717) is 19.6 Å². The summed E-state index contributed by atoms with van der Waals surface area (Å²) >= 11 is 0. The van der Waals surface area contributed by atoms with E-state index < -0.39 is 5.60 Å². The lowest BCUT2D eigenvalue weighted by atomic mass is 10.1. The number of aromatic nitrogens is 3. The van der Waals surface area contributed by atoms with Crippen molar-refractivity contribution in [2.45, 2.75) is 45.9 Å². The number of carbonyl (C=O) groups is 1. The molecule has 0 fully saturated rings. The van der Waals surface area contributed by atoms with E-state index in [1.807, 2.05) is 51.2 Å². The van der Waals surface area contributed by atoms with Gasteiger partial charge in [-0.15, -0.1) is 0 Å². The van der Waals surface area contributed by atoms with E-state index in [1.165, 1.54) is 5.56 Å². The zero-order valence-electron chi connectivity index (χ0n) is 17.6. The van der Waals surface area contributed by atoms with Crippen LogP contribution in [0, 0.1) is 0 Å². The minimum absolute atomic E-state index is 0.290. The maximum Gasteiger partial charge on any atom is 0.414 e. The van der Waals surface area contributed by atoms with Gasteiger partial charge in [-0.05, 0) is 50.5 Å². The fraction of sp³-hybridized carbons (Fsp3) is 0.348. The highest BCUT2D eigenvalue weighted by molar-refractivity contribution is 5.91. The van der Waals surface area contributed by atoms with Crippen LogP contribution in [-0.4, -0.2) is 33.0 Å². The number of rotatable bonds is 5. The first-order valence-corrected chi connectivity index (χ1v) is 10.2. The average molecular weight is 406 g/mol. The summed E-state index contributed by atoms with van der Waals surface area (Å²) in [4.78, 5) is 18.9. The van der Waals surface area contributed by atoms with Crippen molar-refractivity contribution >= 4 is 11.8 Å². The molecule has 0 unspecified atom stereocenters. The first-order chi connectivity index (χ1) is 14.4. The number of pyridine rings is 1. The van der Waals surface area contributed by atoms with Crippen LogP contribution in [0.4, 0.5) is 10.5 Å². The minimum Gasteiger partial charge on any atom is -0.443 e. The van der Waals surface area contributed by atoms with Gasteiger partial charge >= 0.3 is 6.09 Å². The SMILES string of the molecule is CC(C)(C)OC(=O)N1CCc2cccc(CNCc3cccnc3-n3cccn3)c21. The molecule has 1 N–H and O–H groups in total. The number of amides is 1. The number of hydrogen-bond acceptors (Lipinski definition) is 5. The van der Waals surface area contributed by atoms with E-state index in [1.54, 1.807) is 22.0 Å². The Morgan fingerprint density at radius 1 is 1.10 bits per heavy atom. The molecule has 7 heteroatoms. The van der Waals surface area contributed by atoms with Crippen LogP contribution >= 0.6 is 0 Å². The molecule has 1 aliphatic heterocycles. The molecular weight excluding hydrogens is 378 g/mol. The van der Waals surface area contributed by atoms with Crippen molar-refractivity contribution in [3.8, 4) is 5.82 Å². The van der Waals surface area contributed by atoms with Crippen LogP contribution in [0.25, 0.3) is 5.82 Å². The molecule has 0 spiro atoms. The normalized spacial score (nSPS) is 13.4. The Labute approximate surface area is 176 Å². The van der Waals surface area contributed by atoms with Gasteiger partial charge in [0.25, 0.3) is 0 Å². The molecule has 1 aliphatic rings. The minimum atomic E-state index is -0.518. The third-order valence-electron chi connectivity index (χ3n) is 4.91. The van der Waals surface area contributed by atoms with Gasteiger partial charge in [-0.2, -0.15) is 5.10 Å². The van der Waals surface area contributed by atoms with E-state index in [-0.39, 0.29) is 6.09 Å². The molecule has 1 amide bonds. The maximum atomic E-state index is 12.7. The van der Waals surface area contributed by atoms with Crippen molar-refractivity contribution in [2.75, 3.05) is 11.4 Å². The third kappa shape index (κ3) is 4.36. The standard InChI is InChI=1S/C23H27N5O2/c1-23(2,3)30-22(29)27-14-10-17-7-4-8-18(20(17)27)15-24-16-19-9-5-11-25-21(19)28-13-6-12-26-28/h4-9,11-13,24H,10,14-16H2,1-3H3. The molecule has 2 aromatic heterocycles. The number of benzene rings is 1. The van der Waals surface area contributed by atoms with Crippen molar-refractivity contribution in [3.05, 3.63) is 71.7 Å². The van der Waals surface area contributed by atoms with E-state index in [4.69, 9.17) is 4.74 Å². The molecule has 0 radical (unpaired) electrons. The zero-order chi connectivity index (χ0) is 21.1. The molecule has 7 nitrogen and oxygen atoms in total. The van der Waals surface area contributed by atoms with E-state index in [0.717, 1.165) is 29.1 Å². The molecule has 1 aromatic carbocycles. The average Bonchev–Trinajstić information content (AvgIpc) is 3.37. The predicted octanol–water partition coefficient (Wildman–Crippen LogP) is 3.85. The molecule has 0 bridgehead atoms. The van der Waals surface area contributed by atoms with Gasteiger partial charge in [-0.1, -0.05) is 24.3 Å². The van der Waals surface area contributed by atoms with Crippen LogP contribution in [0.15, 0.2) is 55.0 Å². The summed E-state index contributed by atoms with van der Waals surface area (Å²) in [6.07, 6.45) is 5.94. The van der Waals surface area contributed by atoms with Gasteiger partial charge in [0.1, 0.15) is 5.60 Å². The van der Waals surface area contributed by atoms with Gasteiger partial charge in [-0.25, -0.2) is 14.5 Å². The molecule has 156 valence electrons. The summed E-state index contributed by atoms with van der Waals surface area (Å²) in [5, 5.41) is 7.79. The first kappa shape index (κ1) is 20.1. The molecule has 0 saturated carbocycles. The van der Waals surface area contributed by atoms with Crippen molar-refractivity contribution in [1.82, 2.24) is 20.1 Å². The first-order valence-electron chi connectivity index (χ1n) is 10.2. The highest BCUT2D eigenvalue weighted by Gasteiger charge is 2.30. The van der Waals surface area contributed by atoms with E-state index >= 15 is 0 Å². The topological polar surface area (TPSA) is 72.3 Å². The number of nitrogens with one attached hydrogen (secondary N) is 1. The number of ether oxygens (including phenoxy) is 1. The predicted molar refractivity (Wildman–Crippen MR) is 116 cm³/mol. The van der Waals surface area contributed by atoms with Crippen LogP contribution in [0.2, 0.25) is 0 Å². The lowest BCUT2D eigenvalue weighted by Crippen LogP contribution is -2.36. The molecule has 0 atom stereocenters. The summed E-state index contributed by atoms with van der Waals surface area (Å²) < 4.78 is 7.38. The van der Waals surface area contributed by atoms with Gasteiger partial charge in [0.15, 0.2) is 5.82 Å². The molecule has 0 aliphatic carbocycles. The lowest BCUT2D eigenvalue weighted by Gasteiger charge is -2.26. The van der Waals surface area contributed by atoms with Crippen molar-refractivity contribution in [1.29, 1.82) is 0 Å². The Morgan fingerprint density at radius 2 is 1.90 bits per heavy atom. The Bertz CT molecular complexity index is 1020. The number of carbonyl (C=O) groups excluding carboxylic acids is 1. The zero-order valence-corrected chi connectivity index (χ0v) is 17.6. The smallest absolute Gasteiger partial charge is 0.414 e. The van der Waals surface area contributed by atoms with Crippen molar-refractivity contribution < 1.29 is 9.53 Å². The summed E-state index contributed by atoms with van der Waals surface area (Å²) in [7, 11) is 0. The Hall–Kier alpha value is -3.19. The second-order valence-corrected chi connectivity index (χ2v) is 8.35. The fourth-order valence-electron chi connectivity index (χ4n) is 3.68. The molecule has 3 aromatic rings. The highest BCUT2D eigenvalue weighted by atomic mass is 16.6. The summed E-state index contributed by atoms with van der Waals surface area (Å²) in [5.74, 6) is 0.809. The van der Waals surface area contributed by atoms with Gasteiger partial charge in [0, 0.05) is 43.8 Å². The molecule has 3 heterocycles. The molecule has 0 saturated heterocycles. The Balaban J connectivity index is 1.49. The second kappa shape index (κ2) is 8.28. The summed E-state index contributed by atoms with van der Waals surface area (Å²) in [6.45, 7) is 7.59. The Morgan fingerprint density at radius 3 is 2.67 bits per heavy atom. The monoisotopic (exact) mass is 405 g/mol. The van der Waals surface area contributed by atoms with Gasteiger partial charge in [0.2, 0.25) is 0 Å². The quantitative estimate of drug-likeness (QED) is 0.698. The largest absolute Gasteiger partial charge is 0.443 e. The highest BCUT2D eigenvalue weighted by Crippen LogP contribution is 2.33. The molecular formula is C23H27N5O2. The van der Waals surface area contributed by atoms with Crippen molar-refractivity contribution in [3.63, 3.8) is 0 Å². The van der Waals surface area contributed by atoms with Crippen molar-refractivity contribution in [2.24, 2.45) is 0 Å². The van der Waals surface area contributed by atoms with Crippen LogP contribution in [-0.2, 0) is 24.2 Å². The van der Waals surface area contributed by atoms with Crippen LogP contribution in [0.5, 0.6) is 0 Å². The van der Waals surface area contributed by atoms with Gasteiger partial charge < -0.3 is 10.1 Å². The van der Waals surface area contributed by atoms with E-state index in [2.05, 4.69) is 27.5 Å². The number of hydrogen-bond donors (Lipinski definition) is 1. The summed E-state index contributed by atoms with van der Waals surface area (Å²) in [6, 6.07) is 12.0. The number of fused-ring (bicyclic) bond motifs is 1. The number of anilines is 1. The summed E-state index contributed by atoms with van der Waals surface area (Å²) in [5.41, 5.74) is 3.77. The van der Waals surface area contributed by atoms with E-state index in [9.17, 15) is 4.79 Å². The molecule has 30 heavy (non-hydrogen) atoms. The Kier molecular flexibility index (Phi) is 5.55. The van der Waals surface area contributed by atoms with Gasteiger partial charge in [-0.3, -0.25) is 4.90 Å². The number of para-hydroxylation sites is 1. The van der Waals surface area contributed by atoms with Crippen LogP contribution in [0.3, 0.4) is 0 Å². The maximum absolute atomic E-state index is 12.7. The fourth-order valence-corrected chi connectivity index (χ4v) is 3.68.